The fraction of sp³-hybridized carbons (Fsp3) is 0.800. The zero-order valence-corrected chi connectivity index (χ0v) is 8.44. The number of cyclic esters (lactones) is 1. The smallest absolute Gasteiger partial charge is 0.312 e. The van der Waals surface area contributed by atoms with E-state index in [9.17, 15) is 4.79 Å². The molecule has 1 unspecified atom stereocenters. The lowest BCUT2D eigenvalue weighted by atomic mass is 9.79. The Kier molecular flexibility index (Phi) is 2.63. The molecule has 1 aliphatic heterocycles. The van der Waals surface area contributed by atoms with E-state index in [4.69, 9.17) is 17.0 Å². The third-order valence-electron chi connectivity index (χ3n) is 3.12. The molecule has 0 spiro atoms. The molecule has 1 heterocycles. The van der Waals surface area contributed by atoms with Crippen LogP contribution in [-0.4, -0.2) is 11.0 Å². The first-order chi connectivity index (χ1) is 6.27. The summed E-state index contributed by atoms with van der Waals surface area (Å²) in [5.74, 6) is 0.746. The second-order valence-corrected chi connectivity index (χ2v) is 4.40. The molecule has 13 heavy (non-hydrogen) atoms. The van der Waals surface area contributed by atoms with Crippen LogP contribution in [0.2, 0.25) is 0 Å². The molecule has 0 aromatic carbocycles. The fourth-order valence-corrected chi connectivity index (χ4v) is 2.76. The van der Waals surface area contributed by atoms with Gasteiger partial charge in [-0.1, -0.05) is 19.3 Å². The summed E-state index contributed by atoms with van der Waals surface area (Å²) < 4.78 is 4.92. The summed E-state index contributed by atoms with van der Waals surface area (Å²) in [5, 5.41) is 0.553. The topological polar surface area (TPSA) is 26.3 Å². The van der Waals surface area contributed by atoms with Gasteiger partial charge in [-0.3, -0.25) is 4.79 Å². The van der Waals surface area contributed by atoms with Crippen LogP contribution in [0.4, 0.5) is 0 Å². The highest BCUT2D eigenvalue weighted by atomic mass is 32.1. The molecule has 1 atom stereocenters. The predicted molar refractivity (Wildman–Crippen MR) is 53.4 cm³/mol. The van der Waals surface area contributed by atoms with Crippen molar-refractivity contribution in [2.45, 2.75) is 38.5 Å². The van der Waals surface area contributed by atoms with Crippen LogP contribution < -0.4 is 0 Å². The van der Waals surface area contributed by atoms with Gasteiger partial charge >= 0.3 is 5.97 Å². The van der Waals surface area contributed by atoms with Gasteiger partial charge in [0.05, 0.1) is 6.42 Å². The molecule has 2 rings (SSSR count). The van der Waals surface area contributed by atoms with E-state index < -0.39 is 0 Å². The molecule has 1 saturated heterocycles. The number of thiocarbonyl (C=S) groups is 1. The molecule has 0 aromatic heterocycles. The Morgan fingerprint density at radius 2 is 1.92 bits per heavy atom. The zero-order valence-electron chi connectivity index (χ0n) is 7.62. The van der Waals surface area contributed by atoms with Gasteiger partial charge in [0.1, 0.15) is 0 Å². The van der Waals surface area contributed by atoms with Crippen LogP contribution in [-0.2, 0) is 9.53 Å². The van der Waals surface area contributed by atoms with E-state index in [-0.39, 0.29) is 11.9 Å². The predicted octanol–water partition coefficient (Wildman–Crippen LogP) is 2.46. The summed E-state index contributed by atoms with van der Waals surface area (Å²) in [5.41, 5.74) is 0. The van der Waals surface area contributed by atoms with Crippen LogP contribution in [0.3, 0.4) is 0 Å². The largest absolute Gasteiger partial charge is 0.419 e. The Morgan fingerprint density at radius 3 is 2.46 bits per heavy atom. The number of carbonyl (C=O) groups excluding carboxylic acids is 1. The van der Waals surface area contributed by atoms with E-state index in [2.05, 4.69) is 0 Å². The van der Waals surface area contributed by atoms with Gasteiger partial charge in [0.2, 0.25) is 0 Å². The standard InChI is InChI=1S/C10H14O2S/c11-9-6-8(10(13)12-9)7-4-2-1-3-5-7/h7-8H,1-6H2. The second-order valence-electron chi connectivity index (χ2n) is 4.00. The molecule has 0 N–H and O–H groups in total. The molecule has 2 fully saturated rings. The van der Waals surface area contributed by atoms with Gasteiger partial charge in [-0.05, 0) is 31.0 Å². The number of hydrogen-bond acceptors (Lipinski definition) is 3. The van der Waals surface area contributed by atoms with Gasteiger partial charge in [0.25, 0.3) is 0 Å². The van der Waals surface area contributed by atoms with Crippen molar-refractivity contribution in [1.82, 2.24) is 0 Å². The summed E-state index contributed by atoms with van der Waals surface area (Å²) in [6.45, 7) is 0. The minimum atomic E-state index is -0.124. The Morgan fingerprint density at radius 1 is 1.23 bits per heavy atom. The maximum absolute atomic E-state index is 11.0. The number of rotatable bonds is 1. The van der Waals surface area contributed by atoms with Gasteiger partial charge in [0, 0.05) is 5.92 Å². The molecule has 2 nitrogen and oxygen atoms in total. The Bertz CT molecular complexity index is 231. The average Bonchev–Trinajstić information content (AvgIpc) is 2.47. The lowest BCUT2D eigenvalue weighted by Crippen LogP contribution is -2.20. The van der Waals surface area contributed by atoms with Crippen LogP contribution in [0, 0.1) is 11.8 Å². The number of hydrogen-bond donors (Lipinski definition) is 0. The van der Waals surface area contributed by atoms with Crippen molar-refractivity contribution in [2.75, 3.05) is 0 Å². The normalized spacial score (nSPS) is 30.6. The molecular formula is C10H14O2S. The molecule has 0 amide bonds. The highest BCUT2D eigenvalue weighted by Crippen LogP contribution is 2.35. The first kappa shape index (κ1) is 9.13. The first-order valence-electron chi connectivity index (χ1n) is 5.02. The highest BCUT2D eigenvalue weighted by Gasteiger charge is 2.36. The van der Waals surface area contributed by atoms with Gasteiger partial charge in [-0.15, -0.1) is 0 Å². The molecule has 0 radical (unpaired) electrons. The molecule has 1 saturated carbocycles. The lowest BCUT2D eigenvalue weighted by molar-refractivity contribution is -0.133. The van der Waals surface area contributed by atoms with Crippen molar-refractivity contribution in [2.24, 2.45) is 11.8 Å². The molecule has 3 heteroatoms. The summed E-state index contributed by atoms with van der Waals surface area (Å²) in [4.78, 5) is 11.0. The van der Waals surface area contributed by atoms with Crippen molar-refractivity contribution in [3.05, 3.63) is 0 Å². The Hall–Kier alpha value is -0.440. The molecule has 72 valence electrons. The van der Waals surface area contributed by atoms with Crippen molar-refractivity contribution >= 4 is 23.2 Å². The lowest BCUT2D eigenvalue weighted by Gasteiger charge is -2.25. The summed E-state index contributed by atoms with van der Waals surface area (Å²) >= 11 is 5.06. The SMILES string of the molecule is O=C1CC(C2CCCCC2)C(=S)O1. The number of carbonyl (C=O) groups is 1. The van der Waals surface area contributed by atoms with E-state index in [1.54, 1.807) is 0 Å². The molecule has 0 aromatic rings. The van der Waals surface area contributed by atoms with E-state index >= 15 is 0 Å². The van der Waals surface area contributed by atoms with Crippen LogP contribution in [0.5, 0.6) is 0 Å². The van der Waals surface area contributed by atoms with E-state index in [0.29, 0.717) is 17.4 Å². The van der Waals surface area contributed by atoms with Gasteiger partial charge in [-0.25, -0.2) is 0 Å². The first-order valence-corrected chi connectivity index (χ1v) is 5.43. The van der Waals surface area contributed by atoms with Crippen LogP contribution in [0.1, 0.15) is 38.5 Å². The summed E-state index contributed by atoms with van der Waals surface area (Å²) in [7, 11) is 0. The molecule has 2 aliphatic rings. The second kappa shape index (κ2) is 3.74. The third kappa shape index (κ3) is 1.90. The summed E-state index contributed by atoms with van der Waals surface area (Å²) in [6.07, 6.45) is 6.90. The summed E-state index contributed by atoms with van der Waals surface area (Å²) in [6, 6.07) is 0. The van der Waals surface area contributed by atoms with Crippen molar-refractivity contribution in [3.63, 3.8) is 0 Å². The van der Waals surface area contributed by atoms with E-state index in [0.717, 1.165) is 0 Å². The van der Waals surface area contributed by atoms with Crippen LogP contribution in [0.25, 0.3) is 0 Å². The zero-order chi connectivity index (χ0) is 9.26. The maximum atomic E-state index is 11.0. The monoisotopic (exact) mass is 198 g/mol. The number of esters is 1. The Balaban J connectivity index is 1.99. The van der Waals surface area contributed by atoms with Crippen LogP contribution in [0.15, 0.2) is 0 Å². The van der Waals surface area contributed by atoms with Crippen molar-refractivity contribution in [3.8, 4) is 0 Å². The van der Waals surface area contributed by atoms with Gasteiger partial charge in [0.15, 0.2) is 5.05 Å². The van der Waals surface area contributed by atoms with E-state index in [1.165, 1.54) is 32.1 Å². The van der Waals surface area contributed by atoms with Crippen molar-refractivity contribution < 1.29 is 9.53 Å². The Labute approximate surface area is 83.6 Å². The highest BCUT2D eigenvalue weighted by molar-refractivity contribution is 7.80. The molecular weight excluding hydrogens is 184 g/mol. The van der Waals surface area contributed by atoms with E-state index in [1.807, 2.05) is 0 Å². The fourth-order valence-electron chi connectivity index (χ4n) is 2.39. The number of ether oxygens (including phenoxy) is 1. The van der Waals surface area contributed by atoms with Crippen molar-refractivity contribution in [1.29, 1.82) is 0 Å². The molecule has 0 bridgehead atoms. The quantitative estimate of drug-likeness (QED) is 0.478. The van der Waals surface area contributed by atoms with Gasteiger partial charge < -0.3 is 4.74 Å². The van der Waals surface area contributed by atoms with Gasteiger partial charge in [-0.2, -0.15) is 0 Å². The van der Waals surface area contributed by atoms with Crippen LogP contribution >= 0.6 is 12.2 Å². The third-order valence-corrected chi connectivity index (χ3v) is 3.51. The minimum absolute atomic E-state index is 0.124. The minimum Gasteiger partial charge on any atom is -0.419 e. The maximum Gasteiger partial charge on any atom is 0.312 e. The average molecular weight is 198 g/mol. The molecule has 1 aliphatic carbocycles.